The Morgan fingerprint density at radius 2 is 1.91 bits per heavy atom. The van der Waals surface area contributed by atoms with E-state index in [4.69, 9.17) is 0 Å². The topological polar surface area (TPSA) is 78.1 Å². The number of H-pyrrole nitrogens is 1. The molecule has 4 rings (SSSR count). The van der Waals surface area contributed by atoms with Gasteiger partial charge in [0.2, 0.25) is 0 Å². The summed E-state index contributed by atoms with van der Waals surface area (Å²) in [6, 6.07) is 2.17. The van der Waals surface area contributed by atoms with Crippen LogP contribution in [0.15, 0.2) is 18.5 Å². The summed E-state index contributed by atoms with van der Waals surface area (Å²) in [5, 5.41) is 4.59. The summed E-state index contributed by atoms with van der Waals surface area (Å²) in [4.78, 5) is 9.96. The molecule has 2 fully saturated rings. The Morgan fingerprint density at radius 3 is 2.65 bits per heavy atom. The number of hydrogen-bond donors (Lipinski definition) is 2. The standard InChI is InChI=1S/C16H22N4O2S/c21-23(22)7-5-20(6-8-23)13-9-14-15(11-19-16(14)18-10-13)12-1-3-17-4-2-12/h9-12,17H,1-8H2,(H,18,19). The normalized spacial score (nSPS) is 22.5. The number of fused-ring (bicyclic) bond motifs is 1. The highest BCUT2D eigenvalue weighted by Gasteiger charge is 2.23. The molecular weight excluding hydrogens is 312 g/mol. The van der Waals surface area contributed by atoms with Crippen LogP contribution in [0, 0.1) is 0 Å². The third-order valence-electron chi connectivity index (χ3n) is 5.04. The number of anilines is 1. The maximum atomic E-state index is 11.6. The Labute approximate surface area is 136 Å². The van der Waals surface area contributed by atoms with Crippen molar-refractivity contribution in [3.05, 3.63) is 24.0 Å². The van der Waals surface area contributed by atoms with Crippen LogP contribution >= 0.6 is 0 Å². The van der Waals surface area contributed by atoms with E-state index in [0.717, 1.165) is 37.3 Å². The van der Waals surface area contributed by atoms with E-state index in [1.807, 2.05) is 6.20 Å². The zero-order valence-corrected chi connectivity index (χ0v) is 13.9. The lowest BCUT2D eigenvalue weighted by molar-refractivity contribution is 0.462. The van der Waals surface area contributed by atoms with Crippen LogP contribution < -0.4 is 10.2 Å². The lowest BCUT2D eigenvalue weighted by atomic mass is 9.90. The summed E-state index contributed by atoms with van der Waals surface area (Å²) >= 11 is 0. The van der Waals surface area contributed by atoms with Crippen LogP contribution in [-0.4, -0.2) is 56.1 Å². The van der Waals surface area contributed by atoms with Crippen molar-refractivity contribution in [2.75, 3.05) is 42.6 Å². The van der Waals surface area contributed by atoms with Crippen LogP contribution in [0.5, 0.6) is 0 Å². The van der Waals surface area contributed by atoms with Gasteiger partial charge in [0.25, 0.3) is 0 Å². The molecule has 0 aromatic carbocycles. The van der Waals surface area contributed by atoms with E-state index in [2.05, 4.69) is 32.4 Å². The van der Waals surface area contributed by atoms with E-state index in [9.17, 15) is 8.42 Å². The smallest absolute Gasteiger partial charge is 0.153 e. The third kappa shape index (κ3) is 2.95. The number of pyridine rings is 1. The number of rotatable bonds is 2. The van der Waals surface area contributed by atoms with Crippen molar-refractivity contribution < 1.29 is 8.42 Å². The molecule has 2 saturated heterocycles. The molecule has 0 unspecified atom stereocenters. The van der Waals surface area contributed by atoms with E-state index in [1.54, 1.807) is 0 Å². The van der Waals surface area contributed by atoms with Crippen molar-refractivity contribution in [3.8, 4) is 0 Å². The predicted octanol–water partition coefficient (Wildman–Crippen LogP) is 1.26. The first kappa shape index (κ1) is 15.0. The van der Waals surface area contributed by atoms with Gasteiger partial charge in [0, 0.05) is 24.7 Å². The Hall–Kier alpha value is -1.60. The fourth-order valence-electron chi connectivity index (χ4n) is 3.63. The summed E-state index contributed by atoms with van der Waals surface area (Å²) in [5.41, 5.74) is 3.30. The molecular formula is C16H22N4O2S. The second kappa shape index (κ2) is 5.79. The Bertz CT molecular complexity index is 795. The van der Waals surface area contributed by atoms with Crippen LogP contribution in [0.3, 0.4) is 0 Å². The molecule has 0 spiro atoms. The Morgan fingerprint density at radius 1 is 1.17 bits per heavy atom. The fourth-order valence-corrected chi connectivity index (χ4v) is 4.83. The molecule has 0 saturated carbocycles. The molecule has 0 amide bonds. The van der Waals surface area contributed by atoms with Gasteiger partial charge in [0.1, 0.15) is 5.65 Å². The zero-order valence-electron chi connectivity index (χ0n) is 13.1. The van der Waals surface area contributed by atoms with Gasteiger partial charge < -0.3 is 15.2 Å². The SMILES string of the molecule is O=S1(=O)CCN(c2cnc3[nH]cc(C4CCNCC4)c3c2)CC1. The number of hydrogen-bond acceptors (Lipinski definition) is 5. The molecule has 0 atom stereocenters. The van der Waals surface area contributed by atoms with Crippen LogP contribution in [-0.2, 0) is 9.84 Å². The summed E-state index contributed by atoms with van der Waals surface area (Å²) in [7, 11) is -2.86. The van der Waals surface area contributed by atoms with Gasteiger partial charge in [0.05, 0.1) is 23.4 Å². The number of nitrogens with one attached hydrogen (secondary N) is 2. The van der Waals surface area contributed by atoms with E-state index in [0.29, 0.717) is 19.0 Å². The van der Waals surface area contributed by atoms with Crippen molar-refractivity contribution in [1.82, 2.24) is 15.3 Å². The zero-order chi connectivity index (χ0) is 15.9. The predicted molar refractivity (Wildman–Crippen MR) is 91.8 cm³/mol. The molecule has 0 bridgehead atoms. The highest BCUT2D eigenvalue weighted by atomic mass is 32.2. The van der Waals surface area contributed by atoms with Gasteiger partial charge in [0.15, 0.2) is 9.84 Å². The highest BCUT2D eigenvalue weighted by molar-refractivity contribution is 7.91. The van der Waals surface area contributed by atoms with E-state index >= 15 is 0 Å². The van der Waals surface area contributed by atoms with Gasteiger partial charge in [-0.2, -0.15) is 0 Å². The van der Waals surface area contributed by atoms with Gasteiger partial charge in [-0.05, 0) is 43.5 Å². The fraction of sp³-hybridized carbons (Fsp3) is 0.562. The number of piperidine rings is 1. The van der Waals surface area contributed by atoms with Crippen LogP contribution in [0.1, 0.15) is 24.3 Å². The Kier molecular flexibility index (Phi) is 3.77. The molecule has 4 heterocycles. The van der Waals surface area contributed by atoms with Gasteiger partial charge in [-0.15, -0.1) is 0 Å². The van der Waals surface area contributed by atoms with Crippen molar-refractivity contribution in [2.24, 2.45) is 0 Å². The first-order chi connectivity index (χ1) is 11.1. The summed E-state index contributed by atoms with van der Waals surface area (Å²) < 4.78 is 23.2. The minimum Gasteiger partial charge on any atom is -0.368 e. The number of sulfone groups is 1. The molecule has 124 valence electrons. The molecule has 2 N–H and O–H groups in total. The molecule has 2 aliphatic rings. The second-order valence-electron chi connectivity index (χ2n) is 6.50. The van der Waals surface area contributed by atoms with Crippen molar-refractivity contribution in [1.29, 1.82) is 0 Å². The maximum absolute atomic E-state index is 11.6. The maximum Gasteiger partial charge on any atom is 0.153 e. The minimum absolute atomic E-state index is 0.235. The van der Waals surface area contributed by atoms with Gasteiger partial charge in [-0.1, -0.05) is 0 Å². The lowest BCUT2D eigenvalue weighted by Crippen LogP contribution is -2.40. The van der Waals surface area contributed by atoms with Gasteiger partial charge in [-0.25, -0.2) is 13.4 Å². The minimum atomic E-state index is -2.86. The molecule has 23 heavy (non-hydrogen) atoms. The Balaban J connectivity index is 1.64. The van der Waals surface area contributed by atoms with E-state index in [1.165, 1.54) is 10.9 Å². The highest BCUT2D eigenvalue weighted by Crippen LogP contribution is 2.32. The third-order valence-corrected chi connectivity index (χ3v) is 6.65. The molecule has 6 nitrogen and oxygen atoms in total. The van der Waals surface area contributed by atoms with Crippen LogP contribution in [0.2, 0.25) is 0 Å². The molecule has 0 aliphatic carbocycles. The van der Waals surface area contributed by atoms with Crippen LogP contribution in [0.25, 0.3) is 11.0 Å². The first-order valence-electron chi connectivity index (χ1n) is 8.25. The largest absolute Gasteiger partial charge is 0.368 e. The average molecular weight is 334 g/mol. The van der Waals surface area contributed by atoms with Crippen molar-refractivity contribution in [2.45, 2.75) is 18.8 Å². The summed E-state index contributed by atoms with van der Waals surface area (Å²) in [5.74, 6) is 1.04. The first-order valence-corrected chi connectivity index (χ1v) is 10.1. The molecule has 7 heteroatoms. The molecule has 2 aromatic heterocycles. The summed E-state index contributed by atoms with van der Waals surface area (Å²) in [6.07, 6.45) is 6.25. The van der Waals surface area contributed by atoms with E-state index in [-0.39, 0.29) is 11.5 Å². The van der Waals surface area contributed by atoms with Crippen molar-refractivity contribution >= 4 is 26.6 Å². The molecule has 2 aromatic rings. The quantitative estimate of drug-likeness (QED) is 0.865. The van der Waals surface area contributed by atoms with Gasteiger partial charge in [-0.3, -0.25) is 0 Å². The number of aromatic amines is 1. The second-order valence-corrected chi connectivity index (χ2v) is 8.80. The van der Waals surface area contributed by atoms with Crippen LogP contribution in [0.4, 0.5) is 5.69 Å². The summed E-state index contributed by atoms with van der Waals surface area (Å²) in [6.45, 7) is 3.24. The lowest BCUT2D eigenvalue weighted by Gasteiger charge is -2.28. The van der Waals surface area contributed by atoms with E-state index < -0.39 is 9.84 Å². The average Bonchev–Trinajstić information content (AvgIpc) is 2.99. The number of aromatic nitrogens is 2. The number of nitrogens with zero attached hydrogens (tertiary/aromatic N) is 2. The van der Waals surface area contributed by atoms with Crippen molar-refractivity contribution in [3.63, 3.8) is 0 Å². The molecule has 0 radical (unpaired) electrons. The van der Waals surface area contributed by atoms with Gasteiger partial charge >= 0.3 is 0 Å². The molecule has 2 aliphatic heterocycles. The monoisotopic (exact) mass is 334 g/mol.